The summed E-state index contributed by atoms with van der Waals surface area (Å²) < 4.78 is 5.55. The van der Waals surface area contributed by atoms with Crippen molar-refractivity contribution < 1.29 is 9.84 Å². The van der Waals surface area contributed by atoms with Crippen LogP contribution in [0, 0.1) is 0 Å². The maximum Gasteiger partial charge on any atom is 0.0913 e. The molecule has 1 rings (SSSR count). The Morgan fingerprint density at radius 3 is 2.83 bits per heavy atom. The van der Waals surface area contributed by atoms with E-state index in [1.54, 1.807) is 0 Å². The van der Waals surface area contributed by atoms with Gasteiger partial charge in [0.2, 0.25) is 0 Å². The molecule has 1 N–H and O–H groups in total. The zero-order valence-corrected chi connectivity index (χ0v) is 8.18. The SMILES string of the molecule is CCCCC(O)C1(C)CCCO1. The van der Waals surface area contributed by atoms with Crippen LogP contribution in [-0.2, 0) is 4.74 Å². The van der Waals surface area contributed by atoms with Crippen LogP contribution in [0.5, 0.6) is 0 Å². The largest absolute Gasteiger partial charge is 0.390 e. The minimum absolute atomic E-state index is 0.241. The third-order valence-corrected chi connectivity index (χ3v) is 2.79. The molecule has 72 valence electrons. The predicted molar refractivity (Wildman–Crippen MR) is 49.1 cm³/mol. The van der Waals surface area contributed by atoms with Gasteiger partial charge in [-0.05, 0) is 26.2 Å². The van der Waals surface area contributed by atoms with E-state index in [1.165, 1.54) is 0 Å². The Kier molecular flexibility index (Phi) is 3.53. The first kappa shape index (κ1) is 10.0. The third-order valence-electron chi connectivity index (χ3n) is 2.79. The van der Waals surface area contributed by atoms with Crippen LogP contribution in [0.3, 0.4) is 0 Å². The van der Waals surface area contributed by atoms with Crippen LogP contribution in [0.25, 0.3) is 0 Å². The Bertz CT molecular complexity index is 128. The average molecular weight is 172 g/mol. The van der Waals surface area contributed by atoms with E-state index in [0.29, 0.717) is 0 Å². The molecule has 0 aliphatic carbocycles. The van der Waals surface area contributed by atoms with E-state index >= 15 is 0 Å². The van der Waals surface area contributed by atoms with Crippen molar-refractivity contribution in [2.45, 2.75) is 57.7 Å². The Labute approximate surface area is 74.9 Å². The lowest BCUT2D eigenvalue weighted by Gasteiger charge is -2.29. The van der Waals surface area contributed by atoms with E-state index in [-0.39, 0.29) is 11.7 Å². The van der Waals surface area contributed by atoms with Crippen molar-refractivity contribution in [3.63, 3.8) is 0 Å². The lowest BCUT2D eigenvalue weighted by atomic mass is 9.92. The van der Waals surface area contributed by atoms with E-state index in [1.807, 2.05) is 6.92 Å². The third kappa shape index (κ3) is 2.20. The minimum atomic E-state index is -0.264. The van der Waals surface area contributed by atoms with Crippen molar-refractivity contribution in [2.24, 2.45) is 0 Å². The molecule has 1 fully saturated rings. The van der Waals surface area contributed by atoms with Gasteiger partial charge in [-0.15, -0.1) is 0 Å². The van der Waals surface area contributed by atoms with Gasteiger partial charge in [-0.2, -0.15) is 0 Å². The molecule has 0 saturated carbocycles. The summed E-state index contributed by atoms with van der Waals surface area (Å²) in [6.07, 6.45) is 4.97. The van der Waals surface area contributed by atoms with E-state index in [4.69, 9.17) is 4.74 Å². The fraction of sp³-hybridized carbons (Fsp3) is 1.00. The first-order valence-corrected chi connectivity index (χ1v) is 5.01. The lowest BCUT2D eigenvalue weighted by molar-refractivity contribution is -0.0808. The smallest absolute Gasteiger partial charge is 0.0913 e. The summed E-state index contributed by atoms with van der Waals surface area (Å²) in [5, 5.41) is 9.81. The number of rotatable bonds is 4. The van der Waals surface area contributed by atoms with Crippen molar-refractivity contribution in [2.75, 3.05) is 6.61 Å². The molecule has 1 aliphatic heterocycles. The molecule has 0 bridgehead atoms. The number of hydrogen-bond donors (Lipinski definition) is 1. The highest BCUT2D eigenvalue weighted by molar-refractivity contribution is 4.87. The molecule has 2 heteroatoms. The van der Waals surface area contributed by atoms with Crippen molar-refractivity contribution in [1.29, 1.82) is 0 Å². The normalized spacial score (nSPS) is 32.2. The second-order valence-electron chi connectivity index (χ2n) is 3.92. The molecular weight excluding hydrogens is 152 g/mol. The zero-order chi connectivity index (χ0) is 9.03. The second kappa shape index (κ2) is 4.24. The van der Waals surface area contributed by atoms with Gasteiger partial charge in [0.25, 0.3) is 0 Å². The Balaban J connectivity index is 2.33. The fourth-order valence-corrected chi connectivity index (χ4v) is 1.77. The molecule has 0 aromatic carbocycles. The number of ether oxygens (including phenoxy) is 1. The highest BCUT2D eigenvalue weighted by Crippen LogP contribution is 2.30. The summed E-state index contributed by atoms with van der Waals surface area (Å²) in [7, 11) is 0. The molecule has 2 unspecified atom stereocenters. The number of unbranched alkanes of at least 4 members (excludes halogenated alkanes) is 1. The first-order chi connectivity index (χ1) is 5.69. The Morgan fingerprint density at radius 2 is 2.33 bits per heavy atom. The van der Waals surface area contributed by atoms with Crippen LogP contribution in [-0.4, -0.2) is 23.4 Å². The van der Waals surface area contributed by atoms with Crippen LogP contribution < -0.4 is 0 Å². The molecule has 0 aromatic heterocycles. The monoisotopic (exact) mass is 172 g/mol. The fourth-order valence-electron chi connectivity index (χ4n) is 1.77. The molecule has 2 atom stereocenters. The maximum absolute atomic E-state index is 9.81. The topological polar surface area (TPSA) is 29.5 Å². The Morgan fingerprint density at radius 1 is 1.58 bits per heavy atom. The van der Waals surface area contributed by atoms with Crippen molar-refractivity contribution >= 4 is 0 Å². The molecule has 0 amide bonds. The average Bonchev–Trinajstić information content (AvgIpc) is 2.49. The van der Waals surface area contributed by atoms with E-state index in [2.05, 4.69) is 6.92 Å². The van der Waals surface area contributed by atoms with Crippen LogP contribution in [0.1, 0.15) is 46.0 Å². The highest BCUT2D eigenvalue weighted by atomic mass is 16.5. The number of aliphatic hydroxyl groups is 1. The van der Waals surface area contributed by atoms with E-state index < -0.39 is 0 Å². The molecule has 1 heterocycles. The van der Waals surface area contributed by atoms with Gasteiger partial charge in [0.15, 0.2) is 0 Å². The van der Waals surface area contributed by atoms with Gasteiger partial charge >= 0.3 is 0 Å². The van der Waals surface area contributed by atoms with Gasteiger partial charge in [-0.3, -0.25) is 0 Å². The predicted octanol–water partition coefficient (Wildman–Crippen LogP) is 2.11. The molecule has 0 radical (unpaired) electrons. The van der Waals surface area contributed by atoms with Gasteiger partial charge in [0.05, 0.1) is 11.7 Å². The molecule has 12 heavy (non-hydrogen) atoms. The van der Waals surface area contributed by atoms with E-state index in [9.17, 15) is 5.11 Å². The summed E-state index contributed by atoms with van der Waals surface area (Å²) >= 11 is 0. The van der Waals surface area contributed by atoms with Gasteiger partial charge in [0.1, 0.15) is 0 Å². The summed E-state index contributed by atoms with van der Waals surface area (Å²) in [4.78, 5) is 0. The van der Waals surface area contributed by atoms with Gasteiger partial charge < -0.3 is 9.84 Å². The molecule has 1 saturated heterocycles. The summed E-state index contributed by atoms with van der Waals surface area (Å²) in [5.74, 6) is 0. The number of aliphatic hydroxyl groups excluding tert-OH is 1. The Hall–Kier alpha value is -0.0800. The van der Waals surface area contributed by atoms with Gasteiger partial charge in [-0.25, -0.2) is 0 Å². The van der Waals surface area contributed by atoms with Crippen LogP contribution in [0.15, 0.2) is 0 Å². The number of hydrogen-bond acceptors (Lipinski definition) is 2. The van der Waals surface area contributed by atoms with Crippen molar-refractivity contribution in [1.82, 2.24) is 0 Å². The molecular formula is C10H20O2. The highest BCUT2D eigenvalue weighted by Gasteiger charge is 2.36. The first-order valence-electron chi connectivity index (χ1n) is 5.01. The van der Waals surface area contributed by atoms with Crippen LogP contribution in [0.4, 0.5) is 0 Å². The van der Waals surface area contributed by atoms with Crippen molar-refractivity contribution in [3.05, 3.63) is 0 Å². The van der Waals surface area contributed by atoms with Crippen molar-refractivity contribution in [3.8, 4) is 0 Å². The standard InChI is InChI=1S/C10H20O2/c1-3-4-6-9(11)10(2)7-5-8-12-10/h9,11H,3-8H2,1-2H3. The molecule has 0 spiro atoms. The zero-order valence-electron chi connectivity index (χ0n) is 8.18. The van der Waals surface area contributed by atoms with Crippen LogP contribution >= 0.6 is 0 Å². The summed E-state index contributed by atoms with van der Waals surface area (Å²) in [5.41, 5.74) is -0.241. The van der Waals surface area contributed by atoms with Crippen LogP contribution in [0.2, 0.25) is 0 Å². The minimum Gasteiger partial charge on any atom is -0.390 e. The quantitative estimate of drug-likeness (QED) is 0.703. The van der Waals surface area contributed by atoms with Gasteiger partial charge in [-0.1, -0.05) is 19.8 Å². The van der Waals surface area contributed by atoms with E-state index in [0.717, 1.165) is 38.7 Å². The molecule has 0 aromatic rings. The van der Waals surface area contributed by atoms with Gasteiger partial charge in [0, 0.05) is 6.61 Å². The second-order valence-corrected chi connectivity index (χ2v) is 3.92. The maximum atomic E-state index is 9.81. The molecule has 1 aliphatic rings. The molecule has 2 nitrogen and oxygen atoms in total. The summed E-state index contributed by atoms with van der Waals surface area (Å²) in [6.45, 7) is 4.99. The lowest BCUT2D eigenvalue weighted by Crippen LogP contribution is -2.38. The summed E-state index contributed by atoms with van der Waals surface area (Å²) in [6, 6.07) is 0.